The third kappa shape index (κ3) is 5.53. The van der Waals surface area contributed by atoms with Crippen LogP contribution in [0.3, 0.4) is 0 Å². The number of carbonyl (C=O) groups is 3. The van der Waals surface area contributed by atoms with Gasteiger partial charge in [0.15, 0.2) is 0 Å². The normalized spacial score (nSPS) is 11.4. The summed E-state index contributed by atoms with van der Waals surface area (Å²) in [6.07, 6.45) is -0.632. The van der Waals surface area contributed by atoms with Crippen LogP contribution in [0.5, 0.6) is 0 Å². The molecule has 0 radical (unpaired) electrons. The largest absolute Gasteiger partial charge is 0.442 e. The quantitative estimate of drug-likeness (QED) is 0.532. The number of hydrogen-bond acceptors (Lipinski definition) is 5. The average molecular weight is 405 g/mol. The molecule has 130 valence electrons. The van der Waals surface area contributed by atoms with Crippen molar-refractivity contribution in [1.82, 2.24) is 0 Å². The van der Waals surface area contributed by atoms with E-state index in [9.17, 15) is 14.4 Å². The molecule has 0 aliphatic rings. The first-order valence-electron chi connectivity index (χ1n) is 7.77. The Morgan fingerprint density at radius 1 is 1.00 bits per heavy atom. The molecule has 2 aromatic rings. The van der Waals surface area contributed by atoms with E-state index in [0.29, 0.717) is 12.0 Å². The van der Waals surface area contributed by atoms with E-state index in [4.69, 9.17) is 9.47 Å². The molecule has 2 rings (SSSR count). The molecule has 5 nitrogen and oxygen atoms in total. The minimum atomic E-state index is -1.31. The van der Waals surface area contributed by atoms with E-state index in [1.165, 1.54) is 0 Å². The lowest BCUT2D eigenvalue weighted by atomic mass is 10.1. The third-order valence-electron chi connectivity index (χ3n) is 3.29. The fourth-order valence-electron chi connectivity index (χ4n) is 2.06. The lowest BCUT2D eigenvalue weighted by Gasteiger charge is -2.16. The Kier molecular flexibility index (Phi) is 6.89. The van der Waals surface area contributed by atoms with Gasteiger partial charge in [0.05, 0.1) is 5.56 Å². The Labute approximate surface area is 154 Å². The highest BCUT2D eigenvalue weighted by Crippen LogP contribution is 2.22. The highest BCUT2D eigenvalue weighted by Gasteiger charge is 2.28. The standard InChI is InChI=1S/C19H17BrO5/c1-2-6-16(21)24-19(23)17(13-7-4-3-5-8-13)25-18(22)14-9-11-15(20)12-10-14/h3-5,7-12,17H,2,6H2,1H3. The maximum atomic E-state index is 12.3. The van der Waals surface area contributed by atoms with Crippen LogP contribution in [0.15, 0.2) is 59.1 Å². The SMILES string of the molecule is CCCC(=O)OC(=O)C(OC(=O)c1ccc(Br)cc1)c1ccccc1. The van der Waals surface area contributed by atoms with Crippen LogP contribution in [0.25, 0.3) is 0 Å². The van der Waals surface area contributed by atoms with Gasteiger partial charge < -0.3 is 9.47 Å². The molecule has 0 amide bonds. The maximum Gasteiger partial charge on any atom is 0.359 e. The van der Waals surface area contributed by atoms with E-state index in [-0.39, 0.29) is 12.0 Å². The molecule has 2 aromatic carbocycles. The summed E-state index contributed by atoms with van der Waals surface area (Å²) in [5.74, 6) is -2.23. The number of esters is 3. The van der Waals surface area contributed by atoms with Crippen molar-refractivity contribution in [1.29, 1.82) is 0 Å². The highest BCUT2D eigenvalue weighted by atomic mass is 79.9. The Bertz CT molecular complexity index is 740. The molecule has 1 unspecified atom stereocenters. The van der Waals surface area contributed by atoms with Gasteiger partial charge in [-0.25, -0.2) is 9.59 Å². The second kappa shape index (κ2) is 9.13. The van der Waals surface area contributed by atoms with Crippen molar-refractivity contribution < 1.29 is 23.9 Å². The molecule has 0 N–H and O–H groups in total. The number of benzene rings is 2. The van der Waals surface area contributed by atoms with Gasteiger partial charge >= 0.3 is 17.9 Å². The summed E-state index contributed by atoms with van der Waals surface area (Å²) in [7, 11) is 0. The Morgan fingerprint density at radius 2 is 1.64 bits per heavy atom. The second-order valence-electron chi connectivity index (χ2n) is 5.25. The summed E-state index contributed by atoms with van der Waals surface area (Å²) in [5, 5.41) is 0. The van der Waals surface area contributed by atoms with Crippen LogP contribution in [-0.2, 0) is 19.1 Å². The van der Waals surface area contributed by atoms with E-state index < -0.39 is 24.0 Å². The molecule has 0 heterocycles. The van der Waals surface area contributed by atoms with Gasteiger partial charge in [-0.05, 0) is 30.7 Å². The maximum absolute atomic E-state index is 12.3. The molecule has 0 bridgehead atoms. The van der Waals surface area contributed by atoms with Crippen molar-refractivity contribution in [3.05, 3.63) is 70.2 Å². The minimum absolute atomic E-state index is 0.119. The van der Waals surface area contributed by atoms with E-state index in [0.717, 1.165) is 4.47 Å². The lowest BCUT2D eigenvalue weighted by molar-refractivity contribution is -0.166. The molecule has 0 saturated heterocycles. The molecular weight excluding hydrogens is 388 g/mol. The summed E-state index contributed by atoms with van der Waals surface area (Å²) in [5.41, 5.74) is 0.721. The van der Waals surface area contributed by atoms with Gasteiger partial charge in [0, 0.05) is 16.5 Å². The van der Waals surface area contributed by atoms with Crippen LogP contribution >= 0.6 is 15.9 Å². The zero-order valence-electron chi connectivity index (χ0n) is 13.6. The van der Waals surface area contributed by atoms with Gasteiger partial charge in [-0.1, -0.05) is 53.2 Å². The molecule has 0 saturated carbocycles. The second-order valence-corrected chi connectivity index (χ2v) is 6.16. The van der Waals surface area contributed by atoms with E-state index in [1.54, 1.807) is 61.5 Å². The van der Waals surface area contributed by atoms with Gasteiger partial charge in [-0.2, -0.15) is 0 Å². The van der Waals surface area contributed by atoms with Crippen molar-refractivity contribution >= 4 is 33.8 Å². The predicted molar refractivity (Wildman–Crippen MR) is 94.7 cm³/mol. The first kappa shape index (κ1) is 18.9. The highest BCUT2D eigenvalue weighted by molar-refractivity contribution is 9.10. The first-order chi connectivity index (χ1) is 12.0. The van der Waals surface area contributed by atoms with Crippen molar-refractivity contribution in [2.24, 2.45) is 0 Å². The van der Waals surface area contributed by atoms with Crippen LogP contribution in [0.1, 0.15) is 41.8 Å². The molecule has 6 heteroatoms. The summed E-state index contributed by atoms with van der Waals surface area (Å²) in [6.45, 7) is 1.80. The monoisotopic (exact) mass is 404 g/mol. The van der Waals surface area contributed by atoms with E-state index >= 15 is 0 Å². The van der Waals surface area contributed by atoms with Crippen molar-refractivity contribution in [3.8, 4) is 0 Å². The van der Waals surface area contributed by atoms with E-state index in [2.05, 4.69) is 15.9 Å². The smallest absolute Gasteiger partial charge is 0.359 e. The molecule has 1 atom stereocenters. The first-order valence-corrected chi connectivity index (χ1v) is 8.56. The van der Waals surface area contributed by atoms with Gasteiger partial charge in [0.1, 0.15) is 0 Å². The summed E-state index contributed by atoms with van der Waals surface area (Å²) in [6, 6.07) is 15.0. The van der Waals surface area contributed by atoms with Crippen molar-refractivity contribution in [3.63, 3.8) is 0 Å². The summed E-state index contributed by atoms with van der Waals surface area (Å²) in [4.78, 5) is 36.2. The number of rotatable bonds is 6. The number of halogens is 1. The average Bonchev–Trinajstić information content (AvgIpc) is 2.61. The van der Waals surface area contributed by atoms with Gasteiger partial charge in [0.2, 0.25) is 6.10 Å². The molecule has 0 fully saturated rings. The third-order valence-corrected chi connectivity index (χ3v) is 3.82. The molecular formula is C19H17BrO5. The van der Waals surface area contributed by atoms with Crippen molar-refractivity contribution in [2.45, 2.75) is 25.9 Å². The van der Waals surface area contributed by atoms with Gasteiger partial charge in [-0.15, -0.1) is 0 Å². The van der Waals surface area contributed by atoms with Crippen LogP contribution in [0, 0.1) is 0 Å². The zero-order valence-corrected chi connectivity index (χ0v) is 15.2. The van der Waals surface area contributed by atoms with Crippen LogP contribution in [0.2, 0.25) is 0 Å². The zero-order chi connectivity index (χ0) is 18.2. The van der Waals surface area contributed by atoms with Crippen LogP contribution in [-0.4, -0.2) is 17.9 Å². The molecule has 0 aliphatic heterocycles. The van der Waals surface area contributed by atoms with Gasteiger partial charge in [0.25, 0.3) is 0 Å². The fourth-order valence-corrected chi connectivity index (χ4v) is 2.33. The molecule has 25 heavy (non-hydrogen) atoms. The Balaban J connectivity index is 2.20. The van der Waals surface area contributed by atoms with E-state index in [1.807, 2.05) is 0 Å². The molecule has 0 aliphatic carbocycles. The Morgan fingerprint density at radius 3 is 2.24 bits per heavy atom. The summed E-state index contributed by atoms with van der Waals surface area (Å²) < 4.78 is 10.9. The molecule has 0 spiro atoms. The summed E-state index contributed by atoms with van der Waals surface area (Å²) >= 11 is 3.28. The number of ether oxygens (including phenoxy) is 2. The Hall–Kier alpha value is -2.47. The van der Waals surface area contributed by atoms with Crippen LogP contribution < -0.4 is 0 Å². The predicted octanol–water partition coefficient (Wildman–Crippen LogP) is 4.22. The fraction of sp³-hybridized carbons (Fsp3) is 0.211. The van der Waals surface area contributed by atoms with Crippen LogP contribution in [0.4, 0.5) is 0 Å². The number of carbonyl (C=O) groups excluding carboxylic acids is 3. The lowest BCUT2D eigenvalue weighted by Crippen LogP contribution is -2.24. The van der Waals surface area contributed by atoms with Gasteiger partial charge in [-0.3, -0.25) is 4.79 Å². The molecule has 0 aromatic heterocycles. The number of hydrogen-bond donors (Lipinski definition) is 0. The van der Waals surface area contributed by atoms with Crippen molar-refractivity contribution in [2.75, 3.05) is 0 Å². The minimum Gasteiger partial charge on any atom is -0.442 e. The topological polar surface area (TPSA) is 69.7 Å².